The van der Waals surface area contributed by atoms with Crippen LogP contribution >= 0.6 is 0 Å². The van der Waals surface area contributed by atoms with E-state index in [2.05, 4.69) is 14.9 Å². The van der Waals surface area contributed by atoms with E-state index in [1.807, 2.05) is 24.8 Å². The van der Waals surface area contributed by atoms with Crippen LogP contribution in [0, 0.1) is 24.6 Å². The molecule has 30 heavy (non-hydrogen) atoms. The van der Waals surface area contributed by atoms with Gasteiger partial charge in [-0.2, -0.15) is 0 Å². The number of fused-ring (bicyclic) bond motifs is 1. The molecule has 1 aromatic heterocycles. The van der Waals surface area contributed by atoms with Crippen LogP contribution in [-0.2, 0) is 4.79 Å². The minimum absolute atomic E-state index is 0.0995. The third kappa shape index (κ3) is 4.47. The number of carbonyl (C=O) groups excluding carboxylic acids is 1. The van der Waals surface area contributed by atoms with Crippen molar-refractivity contribution in [3.05, 3.63) is 42.0 Å². The summed E-state index contributed by atoms with van der Waals surface area (Å²) in [7, 11) is 0. The second-order valence-corrected chi connectivity index (χ2v) is 7.92. The maximum Gasteiger partial charge on any atom is 0.260 e. The van der Waals surface area contributed by atoms with Crippen LogP contribution in [-0.4, -0.2) is 60.2 Å². The highest BCUT2D eigenvalue weighted by Gasteiger charge is 2.39. The zero-order chi connectivity index (χ0) is 21.1. The van der Waals surface area contributed by atoms with Gasteiger partial charge in [-0.3, -0.25) is 4.79 Å². The molecule has 0 spiro atoms. The third-order valence-corrected chi connectivity index (χ3v) is 5.84. The van der Waals surface area contributed by atoms with Crippen LogP contribution in [0.2, 0.25) is 0 Å². The lowest BCUT2D eigenvalue weighted by atomic mass is 9.89. The molecule has 4 rings (SSSR count). The molecular formula is C22H27FN4O3. The van der Waals surface area contributed by atoms with Gasteiger partial charge in [0.1, 0.15) is 12.1 Å². The van der Waals surface area contributed by atoms with Crippen molar-refractivity contribution in [3.8, 4) is 11.6 Å². The van der Waals surface area contributed by atoms with Gasteiger partial charge in [0.25, 0.3) is 5.91 Å². The highest BCUT2D eigenvalue weighted by Crippen LogP contribution is 2.33. The van der Waals surface area contributed by atoms with E-state index in [1.54, 1.807) is 12.1 Å². The molecule has 160 valence electrons. The van der Waals surface area contributed by atoms with Crippen molar-refractivity contribution in [2.24, 2.45) is 11.8 Å². The second kappa shape index (κ2) is 8.85. The van der Waals surface area contributed by atoms with E-state index in [4.69, 9.17) is 9.47 Å². The minimum Gasteiger partial charge on any atom is -0.481 e. The van der Waals surface area contributed by atoms with Crippen molar-refractivity contribution >= 4 is 11.7 Å². The standard InChI is InChI=1S/C22H27FN4O3/c1-3-29-21-9-20(24-14-25-21)26-7-6-16-10-27(12-17(16)11-26)22(28)13-30-19-8-15(2)4-5-18(19)23/h4-5,8-9,14,16-17H,3,6-7,10-13H2,1-2H3/t16-,17+/m1/s1. The number of amides is 1. The van der Waals surface area contributed by atoms with E-state index < -0.39 is 5.82 Å². The van der Waals surface area contributed by atoms with Gasteiger partial charge in [0, 0.05) is 32.2 Å². The molecule has 7 nitrogen and oxygen atoms in total. The Morgan fingerprint density at radius 3 is 2.83 bits per heavy atom. The Bertz CT molecular complexity index is 910. The number of nitrogens with zero attached hydrogens (tertiary/aromatic N) is 4. The number of carbonyl (C=O) groups is 1. The molecule has 2 saturated heterocycles. The van der Waals surface area contributed by atoms with Gasteiger partial charge in [-0.05, 0) is 49.8 Å². The number of halogens is 1. The molecule has 3 heterocycles. The molecule has 2 fully saturated rings. The molecule has 2 aromatic rings. The average molecular weight is 414 g/mol. The number of likely N-dealkylation sites (tertiary alicyclic amines) is 1. The average Bonchev–Trinajstić information content (AvgIpc) is 3.18. The number of hydrogen-bond acceptors (Lipinski definition) is 6. The highest BCUT2D eigenvalue weighted by molar-refractivity contribution is 5.78. The fourth-order valence-electron chi connectivity index (χ4n) is 4.26. The van der Waals surface area contributed by atoms with Crippen molar-refractivity contribution in [2.45, 2.75) is 20.3 Å². The van der Waals surface area contributed by atoms with Crippen LogP contribution in [0.15, 0.2) is 30.6 Å². The Kier molecular flexibility index (Phi) is 6.01. The van der Waals surface area contributed by atoms with Gasteiger partial charge in [-0.25, -0.2) is 14.4 Å². The van der Waals surface area contributed by atoms with Gasteiger partial charge < -0.3 is 19.3 Å². The molecule has 0 unspecified atom stereocenters. The first-order valence-corrected chi connectivity index (χ1v) is 10.4. The Morgan fingerprint density at radius 1 is 1.17 bits per heavy atom. The molecule has 1 amide bonds. The van der Waals surface area contributed by atoms with Gasteiger partial charge in [0.05, 0.1) is 6.61 Å². The number of piperidine rings is 1. The number of aromatic nitrogens is 2. The normalized spacial score (nSPS) is 20.8. The van der Waals surface area contributed by atoms with E-state index in [-0.39, 0.29) is 18.3 Å². The molecular weight excluding hydrogens is 387 g/mol. The number of hydrogen-bond donors (Lipinski definition) is 0. The van der Waals surface area contributed by atoms with Crippen molar-refractivity contribution < 1.29 is 18.7 Å². The first kappa shape index (κ1) is 20.4. The summed E-state index contributed by atoms with van der Waals surface area (Å²) in [5, 5.41) is 0. The third-order valence-electron chi connectivity index (χ3n) is 5.84. The van der Waals surface area contributed by atoms with Crippen molar-refractivity contribution in [2.75, 3.05) is 44.3 Å². The maximum atomic E-state index is 13.8. The summed E-state index contributed by atoms with van der Waals surface area (Å²) in [6.45, 7) is 7.34. The highest BCUT2D eigenvalue weighted by atomic mass is 19.1. The summed E-state index contributed by atoms with van der Waals surface area (Å²) in [5.74, 6) is 1.86. The Balaban J connectivity index is 1.34. The van der Waals surface area contributed by atoms with Gasteiger partial charge in [-0.15, -0.1) is 0 Å². The van der Waals surface area contributed by atoms with E-state index in [9.17, 15) is 9.18 Å². The Morgan fingerprint density at radius 2 is 2.00 bits per heavy atom. The van der Waals surface area contributed by atoms with Crippen molar-refractivity contribution in [1.29, 1.82) is 0 Å². The molecule has 0 saturated carbocycles. The molecule has 2 atom stereocenters. The largest absolute Gasteiger partial charge is 0.481 e. The molecule has 0 bridgehead atoms. The van der Waals surface area contributed by atoms with E-state index in [0.29, 0.717) is 30.9 Å². The number of aryl methyl sites for hydroxylation is 1. The van der Waals surface area contributed by atoms with E-state index in [1.165, 1.54) is 12.4 Å². The van der Waals surface area contributed by atoms with Crippen molar-refractivity contribution in [3.63, 3.8) is 0 Å². The number of ether oxygens (including phenoxy) is 2. The van der Waals surface area contributed by atoms with Crippen LogP contribution in [0.3, 0.4) is 0 Å². The van der Waals surface area contributed by atoms with Gasteiger partial charge in [0.2, 0.25) is 5.88 Å². The molecule has 0 radical (unpaired) electrons. The molecule has 0 aliphatic carbocycles. The SMILES string of the molecule is CCOc1cc(N2CC[C@@H]3CN(C(=O)COc4cc(C)ccc4F)C[C@@H]3C2)ncn1. The first-order chi connectivity index (χ1) is 14.5. The predicted octanol–water partition coefficient (Wildman–Crippen LogP) is 2.69. The lowest BCUT2D eigenvalue weighted by Gasteiger charge is -2.34. The summed E-state index contributed by atoms with van der Waals surface area (Å²) in [6.07, 6.45) is 2.52. The fourth-order valence-corrected chi connectivity index (χ4v) is 4.26. The van der Waals surface area contributed by atoms with Crippen LogP contribution < -0.4 is 14.4 Å². The number of benzene rings is 1. The smallest absolute Gasteiger partial charge is 0.260 e. The summed E-state index contributed by atoms with van der Waals surface area (Å²) < 4.78 is 24.8. The first-order valence-electron chi connectivity index (χ1n) is 10.4. The van der Waals surface area contributed by atoms with E-state index >= 15 is 0 Å². The summed E-state index contributed by atoms with van der Waals surface area (Å²) in [5.41, 5.74) is 0.892. The summed E-state index contributed by atoms with van der Waals surface area (Å²) >= 11 is 0. The van der Waals surface area contributed by atoms with Crippen LogP contribution in [0.5, 0.6) is 11.6 Å². The summed E-state index contributed by atoms with van der Waals surface area (Å²) in [6, 6.07) is 6.52. The Labute approximate surface area is 175 Å². The van der Waals surface area contributed by atoms with Crippen molar-refractivity contribution in [1.82, 2.24) is 14.9 Å². The van der Waals surface area contributed by atoms with Gasteiger partial charge >= 0.3 is 0 Å². The zero-order valence-corrected chi connectivity index (χ0v) is 17.4. The molecule has 2 aliphatic rings. The van der Waals surface area contributed by atoms with Gasteiger partial charge in [-0.1, -0.05) is 6.07 Å². The van der Waals surface area contributed by atoms with E-state index in [0.717, 1.165) is 37.4 Å². The molecule has 8 heteroatoms. The lowest BCUT2D eigenvalue weighted by molar-refractivity contribution is -0.132. The quantitative estimate of drug-likeness (QED) is 0.724. The summed E-state index contributed by atoms with van der Waals surface area (Å²) in [4.78, 5) is 25.3. The Hall–Kier alpha value is -2.90. The molecule has 0 N–H and O–H groups in total. The van der Waals surface area contributed by atoms with Gasteiger partial charge in [0.15, 0.2) is 18.2 Å². The van der Waals surface area contributed by atoms with Crippen LogP contribution in [0.25, 0.3) is 0 Å². The minimum atomic E-state index is -0.449. The molecule has 2 aliphatic heterocycles. The topological polar surface area (TPSA) is 67.8 Å². The maximum absolute atomic E-state index is 13.8. The monoisotopic (exact) mass is 414 g/mol. The predicted molar refractivity (Wildman–Crippen MR) is 110 cm³/mol. The zero-order valence-electron chi connectivity index (χ0n) is 17.4. The lowest BCUT2D eigenvalue weighted by Crippen LogP contribution is -2.40. The van der Waals surface area contributed by atoms with Crippen LogP contribution in [0.4, 0.5) is 10.2 Å². The fraction of sp³-hybridized carbons (Fsp3) is 0.500. The number of rotatable bonds is 6. The second-order valence-electron chi connectivity index (χ2n) is 7.92. The van der Waals surface area contributed by atoms with Crippen LogP contribution in [0.1, 0.15) is 18.9 Å². The number of anilines is 1. The molecule has 1 aromatic carbocycles.